The highest BCUT2D eigenvalue weighted by molar-refractivity contribution is 6.28. The summed E-state index contributed by atoms with van der Waals surface area (Å²) >= 11 is 5.59. The lowest BCUT2D eigenvalue weighted by Crippen LogP contribution is -1.94. The van der Waals surface area contributed by atoms with Crippen LogP contribution in [0.25, 0.3) is 11.0 Å². The van der Waals surface area contributed by atoms with Crippen LogP contribution in [0.3, 0.4) is 0 Å². The number of nitrogens with two attached hydrogens (primary N) is 1. The van der Waals surface area contributed by atoms with Crippen LogP contribution in [0.5, 0.6) is 0 Å². The van der Waals surface area contributed by atoms with Crippen LogP contribution in [-0.4, -0.2) is 19.7 Å². The van der Waals surface area contributed by atoms with Crippen molar-refractivity contribution in [1.29, 1.82) is 0 Å². The van der Waals surface area contributed by atoms with Crippen molar-refractivity contribution in [3.8, 4) is 0 Å². The van der Waals surface area contributed by atoms with Crippen molar-refractivity contribution >= 4 is 28.5 Å². The molecule has 0 aliphatic rings. The molecule has 2 rings (SSSR count). The summed E-state index contributed by atoms with van der Waals surface area (Å²) in [7, 11) is 1.79. The van der Waals surface area contributed by atoms with Crippen molar-refractivity contribution in [3.63, 3.8) is 0 Å². The third kappa shape index (κ3) is 0.984. The van der Waals surface area contributed by atoms with Crippen LogP contribution in [0.1, 0.15) is 0 Å². The molecule has 0 saturated carbocycles. The molecular formula is C6H6ClN5. The van der Waals surface area contributed by atoms with Crippen molar-refractivity contribution in [2.24, 2.45) is 7.05 Å². The molecule has 12 heavy (non-hydrogen) atoms. The van der Waals surface area contributed by atoms with Crippen LogP contribution in [0.4, 0.5) is 5.82 Å². The molecular weight excluding hydrogens is 178 g/mol. The SMILES string of the molecule is Cn1cc2nc(Cl)nc(N)c2n1. The lowest BCUT2D eigenvalue weighted by molar-refractivity contribution is 0.779. The molecule has 5 nitrogen and oxygen atoms in total. The Morgan fingerprint density at radius 1 is 1.50 bits per heavy atom. The van der Waals surface area contributed by atoms with Gasteiger partial charge in [-0.3, -0.25) is 4.68 Å². The van der Waals surface area contributed by atoms with Crippen molar-refractivity contribution in [2.75, 3.05) is 5.73 Å². The Balaban J connectivity index is 2.88. The van der Waals surface area contributed by atoms with Gasteiger partial charge in [-0.25, -0.2) is 4.98 Å². The zero-order valence-electron chi connectivity index (χ0n) is 6.32. The van der Waals surface area contributed by atoms with E-state index in [0.29, 0.717) is 16.9 Å². The molecule has 2 aromatic rings. The maximum absolute atomic E-state index is 5.59. The maximum Gasteiger partial charge on any atom is 0.225 e. The van der Waals surface area contributed by atoms with E-state index < -0.39 is 0 Å². The smallest absolute Gasteiger partial charge is 0.225 e. The number of hydrogen-bond acceptors (Lipinski definition) is 4. The lowest BCUT2D eigenvalue weighted by Gasteiger charge is -1.92. The molecule has 0 radical (unpaired) electrons. The Hall–Kier alpha value is -1.36. The topological polar surface area (TPSA) is 69.6 Å². The fourth-order valence-electron chi connectivity index (χ4n) is 1.02. The van der Waals surface area contributed by atoms with E-state index in [2.05, 4.69) is 15.1 Å². The first-order chi connectivity index (χ1) is 5.66. The quantitative estimate of drug-likeness (QED) is 0.608. The molecule has 2 N–H and O–H groups in total. The predicted molar refractivity (Wildman–Crippen MR) is 45.7 cm³/mol. The largest absolute Gasteiger partial charge is 0.382 e. The lowest BCUT2D eigenvalue weighted by atomic mass is 10.4. The third-order valence-electron chi connectivity index (χ3n) is 1.48. The highest BCUT2D eigenvalue weighted by atomic mass is 35.5. The van der Waals surface area contributed by atoms with Gasteiger partial charge in [-0.05, 0) is 11.6 Å². The summed E-state index contributed by atoms with van der Waals surface area (Å²) in [6.45, 7) is 0. The molecule has 0 amide bonds. The molecule has 2 aromatic heterocycles. The molecule has 0 unspecified atom stereocenters. The highest BCUT2D eigenvalue weighted by Gasteiger charge is 2.06. The number of halogens is 1. The van der Waals surface area contributed by atoms with E-state index in [4.69, 9.17) is 17.3 Å². The molecule has 0 fully saturated rings. The molecule has 0 aliphatic heterocycles. The standard InChI is InChI=1S/C6H6ClN5/c1-12-2-3-4(11-12)5(8)10-6(7)9-3/h2H,1H3,(H2,8,9,10). The number of nitrogen functional groups attached to an aromatic ring is 1. The molecule has 0 atom stereocenters. The summed E-state index contributed by atoms with van der Waals surface area (Å²) in [5, 5.41) is 4.21. The fraction of sp³-hybridized carbons (Fsp3) is 0.167. The summed E-state index contributed by atoms with van der Waals surface area (Å²) in [6.07, 6.45) is 1.74. The van der Waals surface area contributed by atoms with Crippen LogP contribution in [-0.2, 0) is 7.05 Å². The molecule has 0 bridgehead atoms. The monoisotopic (exact) mass is 183 g/mol. The van der Waals surface area contributed by atoms with Gasteiger partial charge < -0.3 is 5.73 Å². The van der Waals surface area contributed by atoms with E-state index in [0.717, 1.165) is 0 Å². The van der Waals surface area contributed by atoms with Gasteiger partial charge >= 0.3 is 0 Å². The highest BCUT2D eigenvalue weighted by Crippen LogP contribution is 2.16. The van der Waals surface area contributed by atoms with E-state index in [1.807, 2.05) is 0 Å². The summed E-state index contributed by atoms with van der Waals surface area (Å²) < 4.78 is 1.62. The second kappa shape index (κ2) is 2.31. The van der Waals surface area contributed by atoms with Crippen molar-refractivity contribution in [3.05, 3.63) is 11.5 Å². The molecule has 62 valence electrons. The second-order valence-electron chi connectivity index (χ2n) is 2.41. The second-order valence-corrected chi connectivity index (χ2v) is 2.75. The average molecular weight is 184 g/mol. The third-order valence-corrected chi connectivity index (χ3v) is 1.65. The van der Waals surface area contributed by atoms with Gasteiger partial charge in [-0.1, -0.05) is 0 Å². The Labute approximate surface area is 73.2 Å². The molecule has 0 aromatic carbocycles. The number of fused-ring (bicyclic) bond motifs is 1. The number of hydrogen-bond donors (Lipinski definition) is 1. The van der Waals surface area contributed by atoms with Crippen LogP contribution in [0, 0.1) is 0 Å². The van der Waals surface area contributed by atoms with E-state index in [9.17, 15) is 0 Å². The van der Waals surface area contributed by atoms with Gasteiger partial charge in [0, 0.05) is 7.05 Å². The summed E-state index contributed by atoms with van der Waals surface area (Å²) in [6, 6.07) is 0. The molecule has 2 heterocycles. The molecule has 0 spiro atoms. The van der Waals surface area contributed by atoms with Crippen LogP contribution >= 0.6 is 11.6 Å². The first-order valence-electron chi connectivity index (χ1n) is 3.29. The minimum Gasteiger partial charge on any atom is -0.382 e. The van der Waals surface area contributed by atoms with E-state index in [-0.39, 0.29) is 5.28 Å². The van der Waals surface area contributed by atoms with Gasteiger partial charge in [-0.2, -0.15) is 10.1 Å². The first kappa shape index (κ1) is 7.30. The Morgan fingerprint density at radius 3 is 3.00 bits per heavy atom. The van der Waals surface area contributed by atoms with Gasteiger partial charge in [0.15, 0.2) is 11.3 Å². The van der Waals surface area contributed by atoms with Crippen molar-refractivity contribution in [1.82, 2.24) is 19.7 Å². The zero-order valence-corrected chi connectivity index (χ0v) is 7.08. The van der Waals surface area contributed by atoms with Crippen LogP contribution < -0.4 is 5.73 Å². The number of aryl methyl sites for hydroxylation is 1. The normalized spacial score (nSPS) is 10.8. The fourth-order valence-corrected chi connectivity index (χ4v) is 1.20. The zero-order chi connectivity index (χ0) is 8.72. The molecule has 6 heteroatoms. The van der Waals surface area contributed by atoms with Gasteiger partial charge in [-0.15, -0.1) is 0 Å². The van der Waals surface area contributed by atoms with Crippen molar-refractivity contribution < 1.29 is 0 Å². The van der Waals surface area contributed by atoms with E-state index in [1.165, 1.54) is 0 Å². The van der Waals surface area contributed by atoms with Crippen LogP contribution in [0.15, 0.2) is 6.20 Å². The number of anilines is 1. The van der Waals surface area contributed by atoms with E-state index in [1.54, 1.807) is 17.9 Å². The summed E-state index contributed by atoms with van der Waals surface area (Å²) in [5.74, 6) is 0.311. The number of nitrogens with zero attached hydrogens (tertiary/aromatic N) is 4. The van der Waals surface area contributed by atoms with E-state index >= 15 is 0 Å². The van der Waals surface area contributed by atoms with Gasteiger partial charge in [0.25, 0.3) is 0 Å². The maximum atomic E-state index is 5.59. The van der Waals surface area contributed by atoms with Crippen molar-refractivity contribution in [2.45, 2.75) is 0 Å². The first-order valence-corrected chi connectivity index (χ1v) is 3.67. The molecule has 0 saturated heterocycles. The molecule has 0 aliphatic carbocycles. The van der Waals surface area contributed by atoms with Gasteiger partial charge in [0.05, 0.1) is 6.20 Å². The summed E-state index contributed by atoms with van der Waals surface area (Å²) in [4.78, 5) is 7.72. The van der Waals surface area contributed by atoms with Crippen LogP contribution in [0.2, 0.25) is 5.28 Å². The predicted octanol–water partition coefficient (Wildman–Crippen LogP) is 0.599. The summed E-state index contributed by atoms with van der Waals surface area (Å²) in [5.41, 5.74) is 6.81. The van der Waals surface area contributed by atoms with Gasteiger partial charge in [0.2, 0.25) is 5.28 Å². The Kier molecular flexibility index (Phi) is 1.41. The Morgan fingerprint density at radius 2 is 2.25 bits per heavy atom. The minimum atomic E-state index is 0.146. The average Bonchev–Trinajstić information content (AvgIpc) is 2.29. The van der Waals surface area contributed by atoms with Gasteiger partial charge in [0.1, 0.15) is 5.52 Å². The minimum absolute atomic E-state index is 0.146. The number of aromatic nitrogens is 4. The Bertz CT molecular complexity index is 435. The number of rotatable bonds is 0.